The molecule has 2 aromatic carbocycles. The van der Waals surface area contributed by atoms with Crippen LogP contribution in [0.5, 0.6) is 0 Å². The molecule has 6 nitrogen and oxygen atoms in total. The molecule has 3 N–H and O–H groups in total. The van der Waals surface area contributed by atoms with E-state index in [1.807, 2.05) is 39.6 Å². The Morgan fingerprint density at radius 2 is 1.68 bits per heavy atom. The molecule has 1 fully saturated rings. The number of carbonyl (C=O) groups is 2. The van der Waals surface area contributed by atoms with Crippen LogP contribution in [-0.4, -0.2) is 46.8 Å². The van der Waals surface area contributed by atoms with Crippen LogP contribution in [-0.2, 0) is 16.0 Å². The number of carbonyl (C=O) groups excluding carboxylic acids is 2. The number of aromatic amines is 1. The van der Waals surface area contributed by atoms with Crippen molar-refractivity contribution in [2.24, 2.45) is 0 Å². The third-order valence-electron chi connectivity index (χ3n) is 5.54. The molecule has 1 saturated heterocycles. The Morgan fingerprint density at radius 1 is 1.00 bits per heavy atom. The molecular formula is C30H46N4O2S. The van der Waals surface area contributed by atoms with Gasteiger partial charge in [0, 0.05) is 46.7 Å². The van der Waals surface area contributed by atoms with Gasteiger partial charge in [-0.05, 0) is 89.6 Å². The summed E-state index contributed by atoms with van der Waals surface area (Å²) in [6.45, 7) is 14.1. The third kappa shape index (κ3) is 13.9. The smallest absolute Gasteiger partial charge is 0.207 e. The normalized spacial score (nSPS) is 15.0. The Kier molecular flexibility index (Phi) is 16.1. The van der Waals surface area contributed by atoms with E-state index >= 15 is 0 Å². The van der Waals surface area contributed by atoms with Crippen molar-refractivity contribution >= 4 is 35.7 Å². The first-order chi connectivity index (χ1) is 17.8. The van der Waals surface area contributed by atoms with E-state index < -0.39 is 0 Å². The van der Waals surface area contributed by atoms with Crippen LogP contribution >= 0.6 is 11.9 Å². The Balaban J connectivity index is 0.000000266. The van der Waals surface area contributed by atoms with Gasteiger partial charge in [-0.2, -0.15) is 0 Å². The predicted octanol–water partition coefficient (Wildman–Crippen LogP) is 6.58. The van der Waals surface area contributed by atoms with Gasteiger partial charge in [-0.3, -0.25) is 9.59 Å². The van der Waals surface area contributed by atoms with Crippen molar-refractivity contribution in [3.63, 3.8) is 0 Å². The van der Waals surface area contributed by atoms with E-state index in [9.17, 15) is 9.59 Å². The minimum atomic E-state index is -0.0677. The average Bonchev–Trinajstić information content (AvgIpc) is 3.30. The average molecular weight is 527 g/mol. The Labute approximate surface area is 228 Å². The number of nitrogens with zero attached hydrogens (tertiary/aromatic N) is 1. The quantitative estimate of drug-likeness (QED) is 0.250. The van der Waals surface area contributed by atoms with Gasteiger partial charge in [0.15, 0.2) is 0 Å². The van der Waals surface area contributed by atoms with Crippen LogP contribution in [0, 0.1) is 0 Å². The maximum Gasteiger partial charge on any atom is 0.207 e. The van der Waals surface area contributed by atoms with E-state index in [4.69, 9.17) is 0 Å². The van der Waals surface area contributed by atoms with Gasteiger partial charge in [0.05, 0.1) is 0 Å². The van der Waals surface area contributed by atoms with Gasteiger partial charge >= 0.3 is 0 Å². The van der Waals surface area contributed by atoms with Gasteiger partial charge in [-0.15, -0.1) is 0 Å². The summed E-state index contributed by atoms with van der Waals surface area (Å²) in [5.74, 6) is 0. The zero-order valence-electron chi connectivity index (χ0n) is 23.4. The monoisotopic (exact) mass is 526 g/mol. The molecule has 0 aliphatic carbocycles. The fourth-order valence-corrected chi connectivity index (χ4v) is 4.56. The predicted molar refractivity (Wildman–Crippen MR) is 159 cm³/mol. The standard InChI is InChI=1S/C12H17NS.C10H11N.C5H11NO.C3H7NO/c1-11-7-5-6-10-13(11)14-12-8-3-2-4-9-12;1-2-8-7-11-10-6-4-3-5-9(8)10;1-5(2,3)6-4-7;1-2-4-3-5/h2-4,8-9,11H,5-7,10H2,1H3;3-7,11H,2H2,1H3;4H,1-3H3,(H,6,7);3H,2H2,1H3,(H,4,5). The fourth-order valence-electron chi connectivity index (χ4n) is 3.51. The molecule has 1 aromatic heterocycles. The van der Waals surface area contributed by atoms with Gasteiger partial charge in [0.1, 0.15) is 0 Å². The molecule has 1 aliphatic rings. The zero-order valence-corrected chi connectivity index (χ0v) is 24.2. The van der Waals surface area contributed by atoms with E-state index in [1.54, 1.807) is 0 Å². The van der Waals surface area contributed by atoms with E-state index in [2.05, 4.69) is 94.6 Å². The van der Waals surface area contributed by atoms with Crippen molar-refractivity contribution in [2.45, 2.75) is 83.7 Å². The number of fused-ring (bicyclic) bond motifs is 1. The van der Waals surface area contributed by atoms with Crippen LogP contribution in [0.15, 0.2) is 65.7 Å². The number of hydrogen-bond donors (Lipinski definition) is 3. The molecule has 0 spiro atoms. The second-order valence-corrected chi connectivity index (χ2v) is 10.9. The zero-order chi connectivity index (χ0) is 27.5. The lowest BCUT2D eigenvalue weighted by Gasteiger charge is -2.31. The van der Waals surface area contributed by atoms with Gasteiger partial charge in [0.2, 0.25) is 12.8 Å². The second-order valence-electron chi connectivity index (χ2n) is 9.79. The highest BCUT2D eigenvalue weighted by Gasteiger charge is 2.18. The van der Waals surface area contributed by atoms with Crippen molar-refractivity contribution in [1.29, 1.82) is 0 Å². The van der Waals surface area contributed by atoms with Crippen molar-refractivity contribution in [3.05, 3.63) is 66.4 Å². The van der Waals surface area contributed by atoms with Gasteiger partial charge in [-0.1, -0.05) is 49.7 Å². The minimum absolute atomic E-state index is 0.0677. The van der Waals surface area contributed by atoms with E-state index in [0.29, 0.717) is 12.8 Å². The SMILES string of the molecule is CC(C)(C)NC=O.CC1CCCCN1Sc1ccccc1.CCNC=O.CCc1c[nH]c2ccccc12. The number of H-pyrrole nitrogens is 1. The number of amides is 2. The molecule has 2 heterocycles. The number of hydrogen-bond acceptors (Lipinski definition) is 4. The van der Waals surface area contributed by atoms with Crippen LogP contribution in [0.1, 0.15) is 66.4 Å². The maximum absolute atomic E-state index is 9.71. The maximum atomic E-state index is 9.71. The lowest BCUT2D eigenvalue weighted by atomic mass is 10.1. The molecule has 37 heavy (non-hydrogen) atoms. The van der Waals surface area contributed by atoms with E-state index in [1.165, 1.54) is 47.2 Å². The van der Waals surface area contributed by atoms with Gasteiger partial charge < -0.3 is 15.6 Å². The first kappa shape index (κ1) is 32.3. The number of aromatic nitrogens is 1. The Morgan fingerprint density at radius 3 is 2.19 bits per heavy atom. The first-order valence-electron chi connectivity index (χ1n) is 13.2. The number of para-hydroxylation sites is 1. The van der Waals surface area contributed by atoms with Crippen LogP contribution in [0.2, 0.25) is 0 Å². The lowest BCUT2D eigenvalue weighted by molar-refractivity contribution is -0.111. The van der Waals surface area contributed by atoms with Crippen molar-refractivity contribution < 1.29 is 9.59 Å². The summed E-state index contributed by atoms with van der Waals surface area (Å²) in [5, 5.41) is 6.39. The molecule has 7 heteroatoms. The van der Waals surface area contributed by atoms with Gasteiger partial charge in [0.25, 0.3) is 0 Å². The summed E-state index contributed by atoms with van der Waals surface area (Å²) in [6.07, 6.45) is 8.67. The third-order valence-corrected chi connectivity index (χ3v) is 6.80. The molecule has 2 amide bonds. The van der Waals surface area contributed by atoms with Crippen LogP contribution in [0.25, 0.3) is 10.9 Å². The highest BCUT2D eigenvalue weighted by molar-refractivity contribution is 7.97. The summed E-state index contributed by atoms with van der Waals surface area (Å²) in [5.41, 5.74) is 2.58. The number of piperidine rings is 1. The topological polar surface area (TPSA) is 77.2 Å². The fraction of sp³-hybridized carbons (Fsp3) is 0.467. The lowest BCUT2D eigenvalue weighted by Crippen LogP contribution is -2.34. The molecule has 0 bridgehead atoms. The van der Waals surface area contributed by atoms with Crippen molar-refractivity contribution in [3.8, 4) is 0 Å². The van der Waals surface area contributed by atoms with Gasteiger partial charge in [-0.25, -0.2) is 4.31 Å². The molecule has 1 atom stereocenters. The molecule has 3 aromatic rings. The largest absolute Gasteiger partial charge is 0.361 e. The first-order valence-corrected chi connectivity index (χ1v) is 14.0. The summed E-state index contributed by atoms with van der Waals surface area (Å²) in [6, 6.07) is 19.8. The Bertz CT molecular complexity index is 1000. The van der Waals surface area contributed by atoms with Crippen molar-refractivity contribution in [2.75, 3.05) is 13.1 Å². The molecule has 1 aliphatic heterocycles. The molecule has 0 saturated carbocycles. The highest BCUT2D eigenvalue weighted by Crippen LogP contribution is 2.29. The Hall–Kier alpha value is -2.77. The minimum Gasteiger partial charge on any atom is -0.361 e. The molecule has 204 valence electrons. The molecule has 4 rings (SSSR count). The van der Waals surface area contributed by atoms with Crippen LogP contribution in [0.4, 0.5) is 0 Å². The molecule has 0 radical (unpaired) electrons. The van der Waals surface area contributed by atoms with Crippen molar-refractivity contribution in [1.82, 2.24) is 19.9 Å². The summed E-state index contributed by atoms with van der Waals surface area (Å²) in [4.78, 5) is 23.6. The highest BCUT2D eigenvalue weighted by atomic mass is 32.2. The summed E-state index contributed by atoms with van der Waals surface area (Å²) >= 11 is 1.91. The summed E-state index contributed by atoms with van der Waals surface area (Å²) in [7, 11) is 0. The molecule has 1 unspecified atom stereocenters. The van der Waals surface area contributed by atoms with Crippen LogP contribution < -0.4 is 10.6 Å². The summed E-state index contributed by atoms with van der Waals surface area (Å²) < 4.78 is 2.51. The van der Waals surface area contributed by atoms with E-state index in [0.717, 1.165) is 19.0 Å². The number of nitrogens with one attached hydrogen (secondary N) is 3. The number of benzene rings is 2. The van der Waals surface area contributed by atoms with E-state index in [-0.39, 0.29) is 5.54 Å². The second kappa shape index (κ2) is 18.5. The van der Waals surface area contributed by atoms with Crippen LogP contribution in [0.3, 0.4) is 0 Å². The number of aryl methyl sites for hydroxylation is 1. The number of rotatable bonds is 6. The molecular weight excluding hydrogens is 480 g/mol.